The van der Waals surface area contributed by atoms with Gasteiger partial charge in [-0.25, -0.2) is 9.59 Å². The third kappa shape index (κ3) is 7.89. The molecule has 0 radical (unpaired) electrons. The van der Waals surface area contributed by atoms with Crippen molar-refractivity contribution in [2.24, 2.45) is 0 Å². The van der Waals surface area contributed by atoms with Crippen LogP contribution in [0.5, 0.6) is 0 Å². The quantitative estimate of drug-likeness (QED) is 0.546. The largest absolute Gasteiger partial charge is 0.480 e. The van der Waals surface area contributed by atoms with Crippen molar-refractivity contribution in [3.63, 3.8) is 0 Å². The number of nitrogens with one attached hydrogen (secondary N) is 2. The number of carbonyl (C=O) groups excluding carboxylic acids is 1. The fourth-order valence-electron chi connectivity index (χ4n) is 1.54. The SMILES string of the molecule is CCCCCC(C)NC(=O)NC(COC)C(=O)O. The first-order chi connectivity index (χ1) is 8.51. The summed E-state index contributed by atoms with van der Waals surface area (Å²) < 4.78 is 4.73. The van der Waals surface area contributed by atoms with Crippen LogP contribution in [-0.2, 0) is 9.53 Å². The van der Waals surface area contributed by atoms with Gasteiger partial charge in [-0.15, -0.1) is 0 Å². The number of carbonyl (C=O) groups is 2. The van der Waals surface area contributed by atoms with Crippen molar-refractivity contribution in [1.82, 2.24) is 10.6 Å². The van der Waals surface area contributed by atoms with E-state index in [2.05, 4.69) is 17.6 Å². The summed E-state index contributed by atoms with van der Waals surface area (Å²) in [4.78, 5) is 22.3. The number of methoxy groups -OCH3 is 1. The van der Waals surface area contributed by atoms with E-state index in [0.717, 1.165) is 25.7 Å². The molecule has 106 valence electrons. The van der Waals surface area contributed by atoms with Gasteiger partial charge in [0.15, 0.2) is 6.04 Å². The Morgan fingerprint density at radius 2 is 1.94 bits per heavy atom. The average Bonchev–Trinajstić information content (AvgIpc) is 2.28. The topological polar surface area (TPSA) is 87.7 Å². The van der Waals surface area contributed by atoms with Gasteiger partial charge in [0.2, 0.25) is 0 Å². The summed E-state index contributed by atoms with van der Waals surface area (Å²) in [6, 6.07) is -1.45. The van der Waals surface area contributed by atoms with Gasteiger partial charge in [-0.05, 0) is 13.3 Å². The number of carboxylic acids is 1. The summed E-state index contributed by atoms with van der Waals surface area (Å²) in [5.74, 6) is -1.11. The van der Waals surface area contributed by atoms with Gasteiger partial charge in [-0.3, -0.25) is 0 Å². The predicted molar refractivity (Wildman–Crippen MR) is 68.6 cm³/mol. The smallest absolute Gasteiger partial charge is 0.328 e. The molecule has 0 rings (SSSR count). The summed E-state index contributed by atoms with van der Waals surface area (Å²) in [5, 5.41) is 13.9. The zero-order chi connectivity index (χ0) is 14.0. The second kappa shape index (κ2) is 9.70. The minimum atomic E-state index is -1.11. The molecule has 6 heteroatoms. The Kier molecular flexibility index (Phi) is 9.00. The van der Waals surface area contributed by atoms with Crippen LogP contribution in [-0.4, -0.2) is 42.9 Å². The minimum absolute atomic E-state index is 0.0357. The van der Waals surface area contributed by atoms with Crippen LogP contribution in [0.4, 0.5) is 4.79 Å². The highest BCUT2D eigenvalue weighted by atomic mass is 16.5. The summed E-state index contributed by atoms with van der Waals surface area (Å²) in [6.45, 7) is 3.97. The highest BCUT2D eigenvalue weighted by molar-refractivity contribution is 5.82. The lowest BCUT2D eigenvalue weighted by atomic mass is 10.1. The normalized spacial score (nSPS) is 13.7. The molecule has 2 atom stereocenters. The van der Waals surface area contributed by atoms with E-state index in [4.69, 9.17) is 9.84 Å². The van der Waals surface area contributed by atoms with Gasteiger partial charge in [0.05, 0.1) is 6.61 Å². The maximum atomic E-state index is 11.5. The highest BCUT2D eigenvalue weighted by Crippen LogP contribution is 2.02. The van der Waals surface area contributed by atoms with E-state index in [9.17, 15) is 9.59 Å². The summed E-state index contributed by atoms with van der Waals surface area (Å²) in [7, 11) is 1.39. The van der Waals surface area contributed by atoms with Crippen molar-refractivity contribution in [2.75, 3.05) is 13.7 Å². The maximum absolute atomic E-state index is 11.5. The molecule has 0 aliphatic carbocycles. The average molecular weight is 260 g/mol. The molecule has 2 amide bonds. The van der Waals surface area contributed by atoms with Crippen LogP contribution in [0.1, 0.15) is 39.5 Å². The van der Waals surface area contributed by atoms with Crippen molar-refractivity contribution in [1.29, 1.82) is 0 Å². The Bertz CT molecular complexity index is 258. The third-order valence-corrected chi connectivity index (χ3v) is 2.55. The molecule has 0 saturated carbocycles. The third-order valence-electron chi connectivity index (χ3n) is 2.55. The van der Waals surface area contributed by atoms with Crippen molar-refractivity contribution in [3.8, 4) is 0 Å². The first-order valence-electron chi connectivity index (χ1n) is 6.30. The summed E-state index contributed by atoms with van der Waals surface area (Å²) in [5.41, 5.74) is 0. The van der Waals surface area contributed by atoms with E-state index in [0.29, 0.717) is 0 Å². The molecule has 0 aromatic carbocycles. The second-order valence-corrected chi connectivity index (χ2v) is 4.36. The van der Waals surface area contributed by atoms with Crippen molar-refractivity contribution in [3.05, 3.63) is 0 Å². The van der Waals surface area contributed by atoms with Gasteiger partial charge in [0.1, 0.15) is 0 Å². The molecule has 0 aromatic rings. The first-order valence-corrected chi connectivity index (χ1v) is 6.30. The lowest BCUT2D eigenvalue weighted by molar-refractivity contribution is -0.140. The zero-order valence-electron chi connectivity index (χ0n) is 11.4. The van der Waals surface area contributed by atoms with Crippen LogP contribution >= 0.6 is 0 Å². The van der Waals surface area contributed by atoms with E-state index in [1.165, 1.54) is 7.11 Å². The van der Waals surface area contributed by atoms with Crippen LogP contribution in [0.25, 0.3) is 0 Å². The molecule has 0 aliphatic heterocycles. The van der Waals surface area contributed by atoms with Gasteiger partial charge in [0, 0.05) is 13.2 Å². The molecule has 6 nitrogen and oxygen atoms in total. The Morgan fingerprint density at radius 3 is 2.44 bits per heavy atom. The number of ether oxygens (including phenoxy) is 1. The van der Waals surface area contributed by atoms with Gasteiger partial charge < -0.3 is 20.5 Å². The number of urea groups is 1. The van der Waals surface area contributed by atoms with Gasteiger partial charge in [0.25, 0.3) is 0 Å². The van der Waals surface area contributed by atoms with Crippen LogP contribution < -0.4 is 10.6 Å². The molecular weight excluding hydrogens is 236 g/mol. The van der Waals surface area contributed by atoms with Crippen molar-refractivity contribution < 1.29 is 19.4 Å². The highest BCUT2D eigenvalue weighted by Gasteiger charge is 2.20. The molecule has 0 spiro atoms. The van der Waals surface area contributed by atoms with Gasteiger partial charge in [-0.2, -0.15) is 0 Å². The fourth-order valence-corrected chi connectivity index (χ4v) is 1.54. The summed E-state index contributed by atoms with van der Waals surface area (Å²) >= 11 is 0. The Morgan fingerprint density at radius 1 is 1.28 bits per heavy atom. The number of aliphatic carboxylic acids is 1. The molecule has 18 heavy (non-hydrogen) atoms. The number of hydrogen-bond donors (Lipinski definition) is 3. The van der Waals surface area contributed by atoms with Crippen LogP contribution in [0.3, 0.4) is 0 Å². The molecule has 0 fully saturated rings. The monoisotopic (exact) mass is 260 g/mol. The number of unbranched alkanes of at least 4 members (excludes halogenated alkanes) is 2. The van der Waals surface area contributed by atoms with Gasteiger partial charge in [-0.1, -0.05) is 26.2 Å². The lowest BCUT2D eigenvalue weighted by Crippen LogP contribution is -2.50. The van der Waals surface area contributed by atoms with Crippen molar-refractivity contribution >= 4 is 12.0 Å². The standard InChI is InChI=1S/C12H24N2O4/c1-4-5-6-7-9(2)13-12(17)14-10(8-18-3)11(15)16/h9-10H,4-8H2,1-3H3,(H,15,16)(H2,13,14,17). The lowest BCUT2D eigenvalue weighted by Gasteiger charge is -2.17. The number of carboxylic acid groups (broad SMARTS) is 1. The molecule has 2 unspecified atom stereocenters. The fraction of sp³-hybridized carbons (Fsp3) is 0.833. The van der Waals surface area contributed by atoms with Crippen LogP contribution in [0.2, 0.25) is 0 Å². The Balaban J connectivity index is 3.96. The molecule has 0 aromatic heterocycles. The zero-order valence-corrected chi connectivity index (χ0v) is 11.4. The van der Waals surface area contributed by atoms with E-state index < -0.39 is 18.0 Å². The maximum Gasteiger partial charge on any atom is 0.328 e. The molecular formula is C12H24N2O4. The summed E-state index contributed by atoms with van der Waals surface area (Å²) in [6.07, 6.45) is 4.21. The van der Waals surface area contributed by atoms with Gasteiger partial charge >= 0.3 is 12.0 Å². The van der Waals surface area contributed by atoms with E-state index in [1.807, 2.05) is 6.92 Å². The molecule has 0 bridgehead atoms. The van der Waals surface area contributed by atoms with Crippen LogP contribution in [0.15, 0.2) is 0 Å². The van der Waals surface area contributed by atoms with Crippen LogP contribution in [0, 0.1) is 0 Å². The van der Waals surface area contributed by atoms with E-state index >= 15 is 0 Å². The van der Waals surface area contributed by atoms with E-state index in [1.54, 1.807) is 0 Å². The van der Waals surface area contributed by atoms with Crippen molar-refractivity contribution in [2.45, 2.75) is 51.6 Å². The molecule has 0 saturated heterocycles. The molecule has 0 aliphatic rings. The molecule has 0 heterocycles. The number of rotatable bonds is 9. The Labute approximate surface area is 108 Å². The second-order valence-electron chi connectivity index (χ2n) is 4.36. The minimum Gasteiger partial charge on any atom is -0.480 e. The molecule has 3 N–H and O–H groups in total. The number of hydrogen-bond acceptors (Lipinski definition) is 3. The number of amides is 2. The van der Waals surface area contributed by atoms with E-state index in [-0.39, 0.29) is 12.6 Å². The first kappa shape index (κ1) is 16.7. The predicted octanol–water partition coefficient (Wildman–Crippen LogP) is 1.35. The Hall–Kier alpha value is -1.30.